The number of hydrogen-bond acceptors (Lipinski definition) is 2. The molecule has 6 heteroatoms. The number of aromatic nitrogens is 1. The Bertz CT molecular complexity index is 680. The lowest BCUT2D eigenvalue weighted by molar-refractivity contribution is 0.462. The van der Waals surface area contributed by atoms with Gasteiger partial charge >= 0.3 is 0 Å². The molecule has 3 nitrogen and oxygen atoms in total. The second-order valence-corrected chi connectivity index (χ2v) is 5.35. The van der Waals surface area contributed by atoms with Crippen molar-refractivity contribution in [1.29, 1.82) is 0 Å². The maximum atomic E-state index is 13.7. The van der Waals surface area contributed by atoms with Gasteiger partial charge in [0.15, 0.2) is 0 Å². The molecule has 1 aromatic heterocycles. The van der Waals surface area contributed by atoms with E-state index >= 15 is 0 Å². The summed E-state index contributed by atoms with van der Waals surface area (Å²) in [6.07, 6.45) is 1.41. The third-order valence-electron chi connectivity index (χ3n) is 2.82. The van der Waals surface area contributed by atoms with Crippen molar-refractivity contribution in [2.75, 3.05) is 0 Å². The van der Waals surface area contributed by atoms with E-state index in [1.807, 2.05) is 0 Å². The Morgan fingerprint density at radius 2 is 2.16 bits per heavy atom. The SMILES string of the molecule is Cc1c(O)c(Br)cn(Cc2c(F)cccc2Cl)c1=O. The molecule has 0 amide bonds. The zero-order valence-electron chi connectivity index (χ0n) is 9.95. The average molecular weight is 347 g/mol. The van der Waals surface area contributed by atoms with Crippen LogP contribution in [-0.2, 0) is 6.54 Å². The van der Waals surface area contributed by atoms with Crippen LogP contribution in [0.25, 0.3) is 0 Å². The van der Waals surface area contributed by atoms with Crippen LogP contribution in [0.2, 0.25) is 5.02 Å². The van der Waals surface area contributed by atoms with E-state index < -0.39 is 5.82 Å². The molecule has 0 atom stereocenters. The Labute approximate surface area is 122 Å². The smallest absolute Gasteiger partial charge is 0.257 e. The first kappa shape index (κ1) is 14.1. The van der Waals surface area contributed by atoms with Crippen LogP contribution >= 0.6 is 27.5 Å². The molecule has 0 radical (unpaired) electrons. The second kappa shape index (κ2) is 5.35. The van der Waals surface area contributed by atoms with E-state index in [1.54, 1.807) is 6.07 Å². The number of pyridine rings is 1. The summed E-state index contributed by atoms with van der Waals surface area (Å²) in [7, 11) is 0. The van der Waals surface area contributed by atoms with Gasteiger partial charge in [0.05, 0.1) is 16.6 Å². The number of rotatable bonds is 2. The first-order valence-corrected chi connectivity index (χ1v) is 6.60. The molecule has 1 N–H and O–H groups in total. The zero-order chi connectivity index (χ0) is 14.2. The highest BCUT2D eigenvalue weighted by molar-refractivity contribution is 9.10. The van der Waals surface area contributed by atoms with E-state index in [-0.39, 0.29) is 34.0 Å². The van der Waals surface area contributed by atoms with E-state index in [0.717, 1.165) is 0 Å². The maximum absolute atomic E-state index is 13.7. The summed E-state index contributed by atoms with van der Waals surface area (Å²) in [5.74, 6) is -0.581. The molecule has 0 aliphatic heterocycles. The first-order valence-electron chi connectivity index (χ1n) is 5.43. The highest BCUT2D eigenvalue weighted by Gasteiger charge is 2.13. The van der Waals surface area contributed by atoms with E-state index in [2.05, 4.69) is 15.9 Å². The summed E-state index contributed by atoms with van der Waals surface area (Å²) in [6.45, 7) is 1.51. The number of benzene rings is 1. The molecule has 0 bridgehead atoms. The molecule has 1 heterocycles. The predicted molar refractivity (Wildman–Crippen MR) is 75.3 cm³/mol. The van der Waals surface area contributed by atoms with Crippen LogP contribution in [0.1, 0.15) is 11.1 Å². The zero-order valence-corrected chi connectivity index (χ0v) is 12.3. The van der Waals surface area contributed by atoms with E-state index in [9.17, 15) is 14.3 Å². The van der Waals surface area contributed by atoms with Crippen molar-refractivity contribution in [3.63, 3.8) is 0 Å². The molecule has 0 saturated heterocycles. The Morgan fingerprint density at radius 1 is 1.47 bits per heavy atom. The summed E-state index contributed by atoms with van der Waals surface area (Å²) in [6, 6.07) is 4.35. The standard InChI is InChI=1S/C13H10BrClFNO2/c1-7-12(18)9(14)6-17(13(7)19)5-8-10(15)3-2-4-11(8)16/h2-4,6,18H,5H2,1H3. The van der Waals surface area contributed by atoms with Crippen molar-refractivity contribution in [3.8, 4) is 5.75 Å². The van der Waals surface area contributed by atoms with Crippen LogP contribution in [0.4, 0.5) is 4.39 Å². The van der Waals surface area contributed by atoms with Gasteiger partial charge in [-0.05, 0) is 35.0 Å². The molecule has 0 unspecified atom stereocenters. The summed E-state index contributed by atoms with van der Waals surface area (Å²) in [4.78, 5) is 12.0. The van der Waals surface area contributed by atoms with Crippen molar-refractivity contribution in [2.24, 2.45) is 0 Å². The average Bonchev–Trinajstić information content (AvgIpc) is 2.37. The molecule has 1 aromatic carbocycles. The van der Waals surface area contributed by atoms with E-state index in [4.69, 9.17) is 11.6 Å². The fraction of sp³-hybridized carbons (Fsp3) is 0.154. The van der Waals surface area contributed by atoms with Crippen LogP contribution < -0.4 is 5.56 Å². The Balaban J connectivity index is 2.54. The van der Waals surface area contributed by atoms with Crippen molar-refractivity contribution in [3.05, 3.63) is 61.2 Å². The van der Waals surface area contributed by atoms with Crippen molar-refractivity contribution in [2.45, 2.75) is 13.5 Å². The molecular weight excluding hydrogens is 337 g/mol. The fourth-order valence-electron chi connectivity index (χ4n) is 1.72. The van der Waals surface area contributed by atoms with Crippen LogP contribution in [0.15, 0.2) is 33.7 Å². The third kappa shape index (κ3) is 2.67. The lowest BCUT2D eigenvalue weighted by atomic mass is 10.2. The molecule has 0 aliphatic rings. The van der Waals surface area contributed by atoms with Gasteiger partial charge in [-0.2, -0.15) is 0 Å². The largest absolute Gasteiger partial charge is 0.506 e. The minimum atomic E-state index is -0.471. The maximum Gasteiger partial charge on any atom is 0.257 e. The fourth-order valence-corrected chi connectivity index (χ4v) is 2.49. The molecule has 19 heavy (non-hydrogen) atoms. The lowest BCUT2D eigenvalue weighted by Gasteiger charge is -2.11. The molecule has 2 rings (SSSR count). The second-order valence-electron chi connectivity index (χ2n) is 4.08. The summed E-state index contributed by atoms with van der Waals surface area (Å²) in [5.41, 5.74) is 0.0464. The monoisotopic (exact) mass is 345 g/mol. The number of halogens is 3. The molecule has 0 fully saturated rings. The normalized spacial score (nSPS) is 10.7. The lowest BCUT2D eigenvalue weighted by Crippen LogP contribution is -2.23. The molecule has 0 aliphatic carbocycles. The van der Waals surface area contributed by atoms with Crippen molar-refractivity contribution < 1.29 is 9.50 Å². The van der Waals surface area contributed by atoms with Crippen LogP contribution in [0, 0.1) is 12.7 Å². The van der Waals surface area contributed by atoms with Crippen molar-refractivity contribution >= 4 is 27.5 Å². The summed E-state index contributed by atoms with van der Waals surface area (Å²) >= 11 is 9.07. The quantitative estimate of drug-likeness (QED) is 0.905. The highest BCUT2D eigenvalue weighted by atomic mass is 79.9. The Hall–Kier alpha value is -1.33. The van der Waals surface area contributed by atoms with Gasteiger partial charge in [-0.1, -0.05) is 17.7 Å². The number of hydrogen-bond donors (Lipinski definition) is 1. The molecule has 0 spiro atoms. The Kier molecular flexibility index (Phi) is 3.96. The molecule has 100 valence electrons. The minimum absolute atomic E-state index is 0.00403. The van der Waals surface area contributed by atoms with Crippen LogP contribution in [0.5, 0.6) is 5.75 Å². The molecular formula is C13H10BrClFNO2. The van der Waals surface area contributed by atoms with Crippen molar-refractivity contribution in [1.82, 2.24) is 4.57 Å². The highest BCUT2D eigenvalue weighted by Crippen LogP contribution is 2.25. The van der Waals surface area contributed by atoms with Gasteiger partial charge in [0, 0.05) is 16.8 Å². The minimum Gasteiger partial charge on any atom is -0.506 e. The van der Waals surface area contributed by atoms with E-state index in [1.165, 1.54) is 29.8 Å². The molecule has 2 aromatic rings. The van der Waals surface area contributed by atoms with Crippen LogP contribution in [0.3, 0.4) is 0 Å². The van der Waals surface area contributed by atoms with Gasteiger partial charge < -0.3 is 9.67 Å². The Morgan fingerprint density at radius 3 is 2.79 bits per heavy atom. The summed E-state index contributed by atoms with van der Waals surface area (Å²) < 4.78 is 15.4. The van der Waals surface area contributed by atoms with Gasteiger partial charge in [0.2, 0.25) is 0 Å². The molecule has 0 saturated carbocycles. The predicted octanol–water partition coefficient (Wildman–Crippen LogP) is 3.47. The summed E-state index contributed by atoms with van der Waals surface area (Å²) in [5, 5.41) is 9.88. The van der Waals surface area contributed by atoms with Gasteiger partial charge in [-0.3, -0.25) is 4.79 Å². The van der Waals surface area contributed by atoms with Gasteiger partial charge in [-0.15, -0.1) is 0 Å². The topological polar surface area (TPSA) is 42.2 Å². The van der Waals surface area contributed by atoms with Gasteiger partial charge in [0.25, 0.3) is 5.56 Å². The van der Waals surface area contributed by atoms with Crippen LogP contribution in [-0.4, -0.2) is 9.67 Å². The van der Waals surface area contributed by atoms with Gasteiger partial charge in [0.1, 0.15) is 11.6 Å². The van der Waals surface area contributed by atoms with Gasteiger partial charge in [-0.25, -0.2) is 4.39 Å². The number of nitrogens with zero attached hydrogens (tertiary/aromatic N) is 1. The third-order valence-corrected chi connectivity index (χ3v) is 3.76. The van der Waals surface area contributed by atoms with E-state index in [0.29, 0.717) is 4.47 Å². The number of aromatic hydroxyl groups is 1. The first-order chi connectivity index (χ1) is 8.91.